The topological polar surface area (TPSA) is 49.9 Å². The van der Waals surface area contributed by atoms with Gasteiger partial charge in [-0.3, -0.25) is 9.59 Å². The second-order valence-corrected chi connectivity index (χ2v) is 6.92. The summed E-state index contributed by atoms with van der Waals surface area (Å²) in [6.45, 7) is 2.57. The third-order valence-corrected chi connectivity index (χ3v) is 5.04. The van der Waals surface area contributed by atoms with Crippen LogP contribution in [-0.2, 0) is 4.79 Å². The van der Waals surface area contributed by atoms with E-state index in [4.69, 9.17) is 4.74 Å². The van der Waals surface area contributed by atoms with Crippen molar-refractivity contribution in [3.05, 3.63) is 64.6 Å². The third-order valence-electron chi connectivity index (χ3n) is 4.35. The molecular weight excluding hydrogens is 396 g/mol. The summed E-state index contributed by atoms with van der Waals surface area (Å²) in [5.74, 6) is 0.829. The van der Waals surface area contributed by atoms with E-state index in [1.807, 2.05) is 54.6 Å². The molecule has 0 radical (unpaired) electrons. The lowest BCUT2D eigenvalue weighted by atomic mass is 10.2. The molecule has 2 aromatic carbocycles. The van der Waals surface area contributed by atoms with Crippen LogP contribution in [0, 0.1) is 0 Å². The third kappa shape index (κ3) is 4.64. The summed E-state index contributed by atoms with van der Waals surface area (Å²) in [5, 5.41) is 0. The molecular formula is C20H21BrN2O3. The molecule has 0 aliphatic carbocycles. The Morgan fingerprint density at radius 3 is 2.19 bits per heavy atom. The lowest BCUT2D eigenvalue weighted by Gasteiger charge is -2.35. The maximum Gasteiger partial charge on any atom is 0.255 e. The first-order chi connectivity index (χ1) is 12.6. The van der Waals surface area contributed by atoms with Crippen LogP contribution in [-0.4, -0.2) is 54.4 Å². The molecule has 2 amide bonds. The fourth-order valence-electron chi connectivity index (χ4n) is 2.89. The molecule has 5 nitrogen and oxygen atoms in total. The molecule has 1 fully saturated rings. The highest BCUT2D eigenvalue weighted by molar-refractivity contribution is 9.10. The molecule has 0 spiro atoms. The zero-order valence-corrected chi connectivity index (χ0v) is 16.0. The first-order valence-corrected chi connectivity index (χ1v) is 9.44. The van der Waals surface area contributed by atoms with Crippen LogP contribution in [0.25, 0.3) is 0 Å². The molecule has 3 rings (SSSR count). The number of benzene rings is 2. The monoisotopic (exact) mass is 416 g/mol. The average molecular weight is 417 g/mol. The van der Waals surface area contributed by atoms with Gasteiger partial charge in [-0.25, -0.2) is 0 Å². The first kappa shape index (κ1) is 18.5. The van der Waals surface area contributed by atoms with Gasteiger partial charge in [-0.1, -0.05) is 30.3 Å². The molecule has 0 saturated carbocycles. The van der Waals surface area contributed by atoms with Crippen LogP contribution < -0.4 is 4.74 Å². The molecule has 26 heavy (non-hydrogen) atoms. The second kappa shape index (κ2) is 8.85. The van der Waals surface area contributed by atoms with E-state index in [0.29, 0.717) is 44.8 Å². The van der Waals surface area contributed by atoms with Gasteiger partial charge in [-0.05, 0) is 40.2 Å². The first-order valence-electron chi connectivity index (χ1n) is 8.64. The molecule has 0 atom stereocenters. The van der Waals surface area contributed by atoms with E-state index in [-0.39, 0.29) is 11.8 Å². The summed E-state index contributed by atoms with van der Waals surface area (Å²) >= 11 is 3.42. The molecule has 0 aromatic heterocycles. The molecule has 1 aliphatic rings. The molecule has 0 unspecified atom stereocenters. The van der Waals surface area contributed by atoms with Crippen molar-refractivity contribution in [2.24, 2.45) is 0 Å². The molecule has 6 heteroatoms. The maximum atomic E-state index is 12.6. The molecule has 0 N–H and O–H groups in total. The van der Waals surface area contributed by atoms with Crippen LogP contribution in [0.2, 0.25) is 0 Å². The molecule has 1 heterocycles. The molecule has 2 aromatic rings. The Hall–Kier alpha value is -2.34. The predicted molar refractivity (Wildman–Crippen MR) is 103 cm³/mol. The maximum absolute atomic E-state index is 12.6. The summed E-state index contributed by atoms with van der Waals surface area (Å²) in [4.78, 5) is 28.5. The highest BCUT2D eigenvalue weighted by Gasteiger charge is 2.25. The minimum atomic E-state index is -0.00279. The smallest absolute Gasteiger partial charge is 0.255 e. The van der Waals surface area contributed by atoms with Crippen molar-refractivity contribution in [2.75, 3.05) is 32.8 Å². The van der Waals surface area contributed by atoms with Crippen molar-refractivity contribution >= 4 is 27.7 Å². The van der Waals surface area contributed by atoms with Crippen molar-refractivity contribution in [3.63, 3.8) is 0 Å². The van der Waals surface area contributed by atoms with Crippen molar-refractivity contribution in [2.45, 2.75) is 6.42 Å². The van der Waals surface area contributed by atoms with E-state index in [0.717, 1.165) is 10.2 Å². The Kier molecular flexibility index (Phi) is 6.28. The number of para-hydroxylation sites is 1. The fourth-order valence-corrected chi connectivity index (χ4v) is 3.35. The van der Waals surface area contributed by atoms with E-state index in [1.165, 1.54) is 0 Å². The van der Waals surface area contributed by atoms with Crippen LogP contribution in [0.3, 0.4) is 0 Å². The van der Waals surface area contributed by atoms with Gasteiger partial charge in [-0.2, -0.15) is 0 Å². The summed E-state index contributed by atoms with van der Waals surface area (Å²) < 4.78 is 6.37. The van der Waals surface area contributed by atoms with Crippen molar-refractivity contribution in [1.29, 1.82) is 0 Å². The van der Waals surface area contributed by atoms with Crippen molar-refractivity contribution in [1.82, 2.24) is 9.80 Å². The normalized spacial score (nSPS) is 14.2. The highest BCUT2D eigenvalue weighted by atomic mass is 79.9. The second-order valence-electron chi connectivity index (χ2n) is 6.06. The van der Waals surface area contributed by atoms with E-state index < -0.39 is 0 Å². The van der Waals surface area contributed by atoms with E-state index in [9.17, 15) is 9.59 Å². The Labute approximate surface area is 161 Å². The Bertz CT molecular complexity index is 759. The minimum Gasteiger partial charge on any atom is -0.493 e. The number of rotatable bonds is 5. The van der Waals surface area contributed by atoms with E-state index in [1.54, 1.807) is 9.80 Å². The number of hydrogen-bond acceptors (Lipinski definition) is 3. The number of piperazine rings is 1. The minimum absolute atomic E-state index is 0.00279. The van der Waals surface area contributed by atoms with Gasteiger partial charge >= 0.3 is 0 Å². The summed E-state index contributed by atoms with van der Waals surface area (Å²) in [5.41, 5.74) is 0.656. The Balaban J connectivity index is 1.45. The zero-order valence-electron chi connectivity index (χ0n) is 14.4. The number of carbonyl (C=O) groups is 2. The summed E-state index contributed by atoms with van der Waals surface area (Å²) in [6.07, 6.45) is 0.340. The van der Waals surface area contributed by atoms with Crippen LogP contribution >= 0.6 is 15.9 Å². The Morgan fingerprint density at radius 2 is 1.50 bits per heavy atom. The number of halogens is 1. The predicted octanol–water partition coefficient (Wildman–Crippen LogP) is 3.20. The van der Waals surface area contributed by atoms with Gasteiger partial charge in [0.2, 0.25) is 5.91 Å². The summed E-state index contributed by atoms with van der Waals surface area (Å²) in [7, 11) is 0. The molecule has 136 valence electrons. The highest BCUT2D eigenvalue weighted by Crippen LogP contribution is 2.19. The average Bonchev–Trinajstić information content (AvgIpc) is 2.69. The number of ether oxygens (including phenoxy) is 1. The van der Waals surface area contributed by atoms with E-state index >= 15 is 0 Å². The quantitative estimate of drug-likeness (QED) is 0.751. The number of amides is 2. The zero-order chi connectivity index (χ0) is 18.4. The van der Waals surface area contributed by atoms with Crippen LogP contribution in [0.5, 0.6) is 5.75 Å². The van der Waals surface area contributed by atoms with Gasteiger partial charge in [0, 0.05) is 30.7 Å². The number of nitrogens with zero attached hydrogens (tertiary/aromatic N) is 2. The summed E-state index contributed by atoms with van der Waals surface area (Å²) in [6, 6.07) is 16.9. The van der Waals surface area contributed by atoms with Gasteiger partial charge in [0.15, 0.2) is 0 Å². The SMILES string of the molecule is O=C(CCOc1ccccc1)N1CCN(C(=O)c2ccccc2Br)CC1. The van der Waals surface area contributed by atoms with Crippen LogP contribution in [0.4, 0.5) is 0 Å². The van der Waals surface area contributed by atoms with Gasteiger partial charge in [0.25, 0.3) is 5.91 Å². The Morgan fingerprint density at radius 1 is 0.885 bits per heavy atom. The van der Waals surface area contributed by atoms with Crippen molar-refractivity contribution in [3.8, 4) is 5.75 Å². The standard InChI is InChI=1S/C20H21BrN2O3/c21-18-9-5-4-8-17(18)20(25)23-13-11-22(12-14-23)19(24)10-15-26-16-6-2-1-3-7-16/h1-9H,10-15H2. The lowest BCUT2D eigenvalue weighted by molar-refractivity contribution is -0.133. The van der Waals surface area contributed by atoms with Gasteiger partial charge < -0.3 is 14.5 Å². The van der Waals surface area contributed by atoms with Gasteiger partial charge in [-0.15, -0.1) is 0 Å². The lowest BCUT2D eigenvalue weighted by Crippen LogP contribution is -2.50. The van der Waals surface area contributed by atoms with Crippen LogP contribution in [0.15, 0.2) is 59.1 Å². The van der Waals surface area contributed by atoms with E-state index in [2.05, 4.69) is 15.9 Å². The largest absolute Gasteiger partial charge is 0.493 e. The van der Waals surface area contributed by atoms with Gasteiger partial charge in [0.1, 0.15) is 5.75 Å². The number of carbonyl (C=O) groups excluding carboxylic acids is 2. The number of hydrogen-bond donors (Lipinski definition) is 0. The van der Waals surface area contributed by atoms with Crippen LogP contribution in [0.1, 0.15) is 16.8 Å². The molecule has 0 bridgehead atoms. The fraction of sp³-hybridized carbons (Fsp3) is 0.300. The molecule has 1 aliphatic heterocycles. The van der Waals surface area contributed by atoms with Crippen molar-refractivity contribution < 1.29 is 14.3 Å². The van der Waals surface area contributed by atoms with Gasteiger partial charge in [0.05, 0.1) is 18.6 Å². The molecule has 1 saturated heterocycles.